The highest BCUT2D eigenvalue weighted by atomic mass is 28.4. The standard InChI is InChI=1S/C14H30O4Si/c1-15-19(16-2,17-3)13-9-7-5-4-6-8-10-14-11-12-18-14/h14H,4-13H2,1-3H3. The zero-order chi connectivity index (χ0) is 14.0. The van der Waals surface area contributed by atoms with Crippen LogP contribution < -0.4 is 0 Å². The average Bonchev–Trinajstić information content (AvgIpc) is 2.40. The van der Waals surface area contributed by atoms with Crippen LogP contribution in [0.3, 0.4) is 0 Å². The lowest BCUT2D eigenvalue weighted by molar-refractivity contribution is -0.0555. The molecule has 1 heterocycles. The first kappa shape index (κ1) is 17.1. The second-order valence-electron chi connectivity index (χ2n) is 5.24. The maximum Gasteiger partial charge on any atom is 0.500 e. The summed E-state index contributed by atoms with van der Waals surface area (Å²) in [6.45, 7) is 0.981. The van der Waals surface area contributed by atoms with Crippen molar-refractivity contribution >= 4 is 8.80 Å². The van der Waals surface area contributed by atoms with Gasteiger partial charge in [0.2, 0.25) is 0 Å². The maximum absolute atomic E-state index is 5.41. The fourth-order valence-electron chi connectivity index (χ4n) is 2.49. The van der Waals surface area contributed by atoms with Crippen molar-refractivity contribution in [3.63, 3.8) is 0 Å². The summed E-state index contributed by atoms with van der Waals surface area (Å²) in [5.74, 6) is 0. The van der Waals surface area contributed by atoms with Crippen molar-refractivity contribution < 1.29 is 18.0 Å². The van der Waals surface area contributed by atoms with E-state index in [1.54, 1.807) is 21.3 Å². The second kappa shape index (κ2) is 9.88. The van der Waals surface area contributed by atoms with E-state index in [1.165, 1.54) is 44.9 Å². The lowest BCUT2D eigenvalue weighted by atomic mass is 10.0. The minimum Gasteiger partial charge on any atom is -0.378 e. The van der Waals surface area contributed by atoms with Crippen molar-refractivity contribution in [3.05, 3.63) is 0 Å². The van der Waals surface area contributed by atoms with Gasteiger partial charge in [0, 0.05) is 34.0 Å². The Morgan fingerprint density at radius 3 is 1.89 bits per heavy atom. The first-order valence-corrected chi connectivity index (χ1v) is 9.46. The molecule has 1 saturated heterocycles. The molecule has 114 valence electrons. The first-order valence-electron chi connectivity index (χ1n) is 7.53. The summed E-state index contributed by atoms with van der Waals surface area (Å²) in [5, 5.41) is 0. The van der Waals surface area contributed by atoms with E-state index >= 15 is 0 Å². The highest BCUT2D eigenvalue weighted by Crippen LogP contribution is 2.20. The number of hydrogen-bond donors (Lipinski definition) is 0. The van der Waals surface area contributed by atoms with Crippen molar-refractivity contribution in [2.75, 3.05) is 27.9 Å². The van der Waals surface area contributed by atoms with Gasteiger partial charge in [-0.3, -0.25) is 0 Å². The number of hydrogen-bond acceptors (Lipinski definition) is 4. The van der Waals surface area contributed by atoms with E-state index in [-0.39, 0.29) is 0 Å². The molecule has 1 unspecified atom stereocenters. The Morgan fingerprint density at radius 1 is 0.895 bits per heavy atom. The van der Waals surface area contributed by atoms with Crippen LogP contribution in [0.5, 0.6) is 0 Å². The molecule has 0 aliphatic carbocycles. The Morgan fingerprint density at radius 2 is 1.42 bits per heavy atom. The Bertz CT molecular complexity index is 209. The number of rotatable bonds is 12. The molecular formula is C14H30O4Si. The molecule has 0 radical (unpaired) electrons. The molecular weight excluding hydrogens is 260 g/mol. The minimum absolute atomic E-state index is 0.580. The van der Waals surface area contributed by atoms with E-state index in [2.05, 4.69) is 0 Å². The number of ether oxygens (including phenoxy) is 1. The van der Waals surface area contributed by atoms with Gasteiger partial charge in [0.15, 0.2) is 0 Å². The lowest BCUT2D eigenvalue weighted by Crippen LogP contribution is -2.42. The molecule has 0 bridgehead atoms. The van der Waals surface area contributed by atoms with Crippen LogP contribution in [-0.4, -0.2) is 42.8 Å². The number of unbranched alkanes of at least 4 members (excludes halogenated alkanes) is 5. The van der Waals surface area contributed by atoms with Gasteiger partial charge >= 0.3 is 8.80 Å². The molecule has 19 heavy (non-hydrogen) atoms. The Hall–Kier alpha value is 0.0569. The molecule has 1 aliphatic rings. The molecule has 1 fully saturated rings. The van der Waals surface area contributed by atoms with E-state index in [0.29, 0.717) is 6.10 Å². The topological polar surface area (TPSA) is 36.9 Å². The predicted octanol–water partition coefficient (Wildman–Crippen LogP) is 3.38. The molecule has 4 nitrogen and oxygen atoms in total. The van der Waals surface area contributed by atoms with Crippen LogP contribution in [0.4, 0.5) is 0 Å². The van der Waals surface area contributed by atoms with Gasteiger partial charge in [-0.1, -0.05) is 32.1 Å². The SMILES string of the molecule is CO[Si](CCCCCCCCC1CCO1)(OC)OC. The van der Waals surface area contributed by atoms with E-state index < -0.39 is 8.80 Å². The zero-order valence-corrected chi connectivity index (χ0v) is 13.8. The van der Waals surface area contributed by atoms with Crippen LogP contribution in [0.25, 0.3) is 0 Å². The molecule has 1 aliphatic heterocycles. The molecule has 5 heteroatoms. The van der Waals surface area contributed by atoms with Crippen molar-refractivity contribution in [1.29, 1.82) is 0 Å². The molecule has 0 spiro atoms. The maximum atomic E-state index is 5.41. The van der Waals surface area contributed by atoms with Crippen molar-refractivity contribution in [2.24, 2.45) is 0 Å². The van der Waals surface area contributed by atoms with Crippen LogP contribution in [0.1, 0.15) is 51.4 Å². The Kier molecular flexibility index (Phi) is 8.90. The Labute approximate surface area is 119 Å². The van der Waals surface area contributed by atoms with Crippen LogP contribution in [-0.2, 0) is 18.0 Å². The van der Waals surface area contributed by atoms with Crippen molar-refractivity contribution in [2.45, 2.75) is 63.5 Å². The van der Waals surface area contributed by atoms with Gasteiger partial charge < -0.3 is 18.0 Å². The molecule has 0 amide bonds. The summed E-state index contributed by atoms with van der Waals surface area (Å²) >= 11 is 0. The molecule has 1 atom stereocenters. The fraction of sp³-hybridized carbons (Fsp3) is 1.00. The minimum atomic E-state index is -2.32. The summed E-state index contributed by atoms with van der Waals surface area (Å²) in [7, 11) is 2.73. The van der Waals surface area contributed by atoms with Gasteiger partial charge in [-0.25, -0.2) is 0 Å². The monoisotopic (exact) mass is 290 g/mol. The van der Waals surface area contributed by atoms with Crippen LogP contribution >= 0.6 is 0 Å². The van der Waals surface area contributed by atoms with Crippen LogP contribution in [0, 0.1) is 0 Å². The van der Waals surface area contributed by atoms with E-state index in [1.807, 2.05) is 0 Å². The third kappa shape index (κ3) is 6.36. The quantitative estimate of drug-likeness (QED) is 0.408. The van der Waals surface area contributed by atoms with Gasteiger partial charge in [0.05, 0.1) is 6.10 Å². The second-order valence-corrected chi connectivity index (χ2v) is 8.33. The van der Waals surface area contributed by atoms with Gasteiger partial charge in [0.25, 0.3) is 0 Å². The summed E-state index contributed by atoms with van der Waals surface area (Å²) in [6.07, 6.45) is 10.8. The molecule has 1 rings (SSSR count). The van der Waals surface area contributed by atoms with Crippen molar-refractivity contribution in [1.82, 2.24) is 0 Å². The van der Waals surface area contributed by atoms with Gasteiger partial charge in [0.1, 0.15) is 0 Å². The third-order valence-corrected chi connectivity index (χ3v) is 6.82. The largest absolute Gasteiger partial charge is 0.500 e. The summed E-state index contributed by atoms with van der Waals surface area (Å²) < 4.78 is 21.6. The molecule has 0 N–H and O–H groups in total. The molecule has 0 aromatic rings. The van der Waals surface area contributed by atoms with E-state index in [0.717, 1.165) is 19.1 Å². The summed E-state index contributed by atoms with van der Waals surface area (Å²) in [5.41, 5.74) is 0. The van der Waals surface area contributed by atoms with Crippen LogP contribution in [0.2, 0.25) is 6.04 Å². The highest BCUT2D eigenvalue weighted by Gasteiger charge is 2.36. The molecule has 0 aromatic carbocycles. The normalized spacial score (nSPS) is 19.4. The Balaban J connectivity index is 1.89. The molecule has 0 saturated carbocycles. The fourth-order valence-corrected chi connectivity index (χ4v) is 4.28. The zero-order valence-electron chi connectivity index (χ0n) is 12.8. The van der Waals surface area contributed by atoms with Gasteiger partial charge in [-0.15, -0.1) is 0 Å². The van der Waals surface area contributed by atoms with E-state index in [9.17, 15) is 0 Å². The smallest absolute Gasteiger partial charge is 0.378 e. The van der Waals surface area contributed by atoms with Gasteiger partial charge in [-0.2, -0.15) is 0 Å². The third-order valence-electron chi connectivity index (χ3n) is 3.99. The highest BCUT2D eigenvalue weighted by molar-refractivity contribution is 6.60. The van der Waals surface area contributed by atoms with Crippen molar-refractivity contribution in [3.8, 4) is 0 Å². The van der Waals surface area contributed by atoms with Gasteiger partial charge in [-0.05, 0) is 19.3 Å². The lowest BCUT2D eigenvalue weighted by Gasteiger charge is -2.26. The molecule has 0 aromatic heterocycles. The van der Waals surface area contributed by atoms with Crippen LogP contribution in [0.15, 0.2) is 0 Å². The summed E-state index contributed by atoms with van der Waals surface area (Å²) in [6, 6.07) is 0.923. The van der Waals surface area contributed by atoms with E-state index in [4.69, 9.17) is 18.0 Å². The summed E-state index contributed by atoms with van der Waals surface area (Å²) in [4.78, 5) is 0. The average molecular weight is 290 g/mol. The first-order chi connectivity index (χ1) is 9.26. The predicted molar refractivity (Wildman–Crippen MR) is 78.3 cm³/mol.